The standard InChI is InChI=1S/C15H18FNO/c1-9-7-12-8-13(16)5-6-14(12)17(10(2)18)15(9)11-3-4-11/h5-6,8-9,11,15H,3-4,7H2,1-2H3/t9-,15-/m1/s1. The Kier molecular flexibility index (Phi) is 2.65. The van der Waals surface area contributed by atoms with Gasteiger partial charge in [0.25, 0.3) is 0 Å². The van der Waals surface area contributed by atoms with Gasteiger partial charge in [0.1, 0.15) is 5.82 Å². The number of anilines is 1. The molecule has 2 nitrogen and oxygen atoms in total. The molecular formula is C15H18FNO. The lowest BCUT2D eigenvalue weighted by Crippen LogP contribution is -2.48. The molecule has 1 fully saturated rings. The summed E-state index contributed by atoms with van der Waals surface area (Å²) in [6.07, 6.45) is 3.31. The predicted molar refractivity (Wildman–Crippen MR) is 68.9 cm³/mol. The maximum atomic E-state index is 13.3. The molecule has 0 radical (unpaired) electrons. The van der Waals surface area contributed by atoms with E-state index in [2.05, 4.69) is 6.92 Å². The summed E-state index contributed by atoms with van der Waals surface area (Å²) in [7, 11) is 0. The van der Waals surface area contributed by atoms with Crippen LogP contribution in [0, 0.1) is 17.7 Å². The molecule has 1 saturated carbocycles. The van der Waals surface area contributed by atoms with Crippen molar-refractivity contribution in [3.8, 4) is 0 Å². The minimum absolute atomic E-state index is 0.0753. The van der Waals surface area contributed by atoms with E-state index in [1.807, 2.05) is 4.90 Å². The lowest BCUT2D eigenvalue weighted by atomic mass is 9.84. The Morgan fingerprint density at radius 1 is 1.39 bits per heavy atom. The SMILES string of the molecule is CC(=O)N1c2ccc(F)cc2C[C@@H](C)[C@@H]1C1CC1. The number of hydrogen-bond acceptors (Lipinski definition) is 1. The smallest absolute Gasteiger partial charge is 0.224 e. The molecule has 3 rings (SSSR count). The summed E-state index contributed by atoms with van der Waals surface area (Å²) in [5.74, 6) is 0.915. The van der Waals surface area contributed by atoms with Gasteiger partial charge in [0.15, 0.2) is 0 Å². The molecular weight excluding hydrogens is 229 g/mol. The number of nitrogens with zero attached hydrogens (tertiary/aromatic N) is 1. The highest BCUT2D eigenvalue weighted by atomic mass is 19.1. The van der Waals surface area contributed by atoms with E-state index in [0.29, 0.717) is 17.9 Å². The van der Waals surface area contributed by atoms with Gasteiger partial charge in [-0.3, -0.25) is 4.79 Å². The lowest BCUT2D eigenvalue weighted by molar-refractivity contribution is -0.117. The molecule has 1 aliphatic carbocycles. The minimum atomic E-state index is -0.214. The monoisotopic (exact) mass is 247 g/mol. The summed E-state index contributed by atoms with van der Waals surface area (Å²) in [4.78, 5) is 13.9. The number of carbonyl (C=O) groups is 1. The fourth-order valence-corrected chi connectivity index (χ4v) is 3.33. The fourth-order valence-electron chi connectivity index (χ4n) is 3.33. The molecule has 0 unspecified atom stereocenters. The van der Waals surface area contributed by atoms with Crippen LogP contribution >= 0.6 is 0 Å². The molecule has 1 aromatic rings. The lowest BCUT2D eigenvalue weighted by Gasteiger charge is -2.41. The summed E-state index contributed by atoms with van der Waals surface area (Å²) in [6.45, 7) is 3.79. The second-order valence-corrected chi connectivity index (χ2v) is 5.67. The molecule has 1 aromatic carbocycles. The van der Waals surface area contributed by atoms with Gasteiger partial charge in [-0.15, -0.1) is 0 Å². The second kappa shape index (κ2) is 4.08. The Bertz CT molecular complexity index is 495. The van der Waals surface area contributed by atoms with Crippen molar-refractivity contribution in [3.05, 3.63) is 29.6 Å². The van der Waals surface area contributed by atoms with E-state index in [-0.39, 0.29) is 11.7 Å². The molecule has 0 spiro atoms. The van der Waals surface area contributed by atoms with E-state index >= 15 is 0 Å². The zero-order valence-corrected chi connectivity index (χ0v) is 10.8. The van der Waals surface area contributed by atoms with Crippen LogP contribution in [0.15, 0.2) is 18.2 Å². The zero-order chi connectivity index (χ0) is 12.9. The average molecular weight is 247 g/mol. The normalized spacial score (nSPS) is 26.9. The largest absolute Gasteiger partial charge is 0.309 e. The minimum Gasteiger partial charge on any atom is -0.309 e. The van der Waals surface area contributed by atoms with Crippen LogP contribution in [0.3, 0.4) is 0 Å². The molecule has 1 aliphatic heterocycles. The first-order valence-electron chi connectivity index (χ1n) is 6.66. The summed E-state index contributed by atoms with van der Waals surface area (Å²) < 4.78 is 13.3. The predicted octanol–water partition coefficient (Wildman–Crippen LogP) is 3.15. The van der Waals surface area contributed by atoms with Crippen molar-refractivity contribution in [1.82, 2.24) is 0 Å². The highest BCUT2D eigenvalue weighted by Crippen LogP contribution is 2.45. The Labute approximate surface area is 107 Å². The van der Waals surface area contributed by atoms with Gasteiger partial charge in [-0.05, 0) is 54.9 Å². The highest BCUT2D eigenvalue weighted by Gasteiger charge is 2.43. The number of carbonyl (C=O) groups excluding carboxylic acids is 1. The van der Waals surface area contributed by atoms with Gasteiger partial charge in [0, 0.05) is 18.7 Å². The Morgan fingerprint density at radius 2 is 2.11 bits per heavy atom. The van der Waals surface area contributed by atoms with E-state index in [0.717, 1.165) is 17.7 Å². The molecule has 1 amide bonds. The van der Waals surface area contributed by atoms with Crippen molar-refractivity contribution in [2.45, 2.75) is 39.2 Å². The summed E-state index contributed by atoms with van der Waals surface area (Å²) >= 11 is 0. The van der Waals surface area contributed by atoms with Crippen LogP contribution in [-0.2, 0) is 11.2 Å². The number of fused-ring (bicyclic) bond motifs is 1. The number of hydrogen-bond donors (Lipinski definition) is 0. The number of amides is 1. The topological polar surface area (TPSA) is 20.3 Å². The first kappa shape index (κ1) is 11.7. The number of benzene rings is 1. The van der Waals surface area contributed by atoms with Crippen molar-refractivity contribution in [3.63, 3.8) is 0 Å². The van der Waals surface area contributed by atoms with Crippen molar-refractivity contribution in [2.24, 2.45) is 11.8 Å². The van der Waals surface area contributed by atoms with Gasteiger partial charge in [0.05, 0.1) is 0 Å². The van der Waals surface area contributed by atoms with Crippen molar-refractivity contribution in [2.75, 3.05) is 4.90 Å². The maximum Gasteiger partial charge on any atom is 0.224 e. The number of rotatable bonds is 1. The Balaban J connectivity index is 2.07. The summed E-state index contributed by atoms with van der Waals surface area (Å²) in [5.41, 5.74) is 1.88. The maximum absolute atomic E-state index is 13.3. The molecule has 3 heteroatoms. The first-order chi connectivity index (χ1) is 8.58. The van der Waals surface area contributed by atoms with Gasteiger partial charge in [-0.1, -0.05) is 6.92 Å². The molecule has 2 aliphatic rings. The van der Waals surface area contributed by atoms with E-state index in [9.17, 15) is 9.18 Å². The molecule has 0 bridgehead atoms. The Morgan fingerprint density at radius 3 is 2.72 bits per heavy atom. The summed E-state index contributed by atoms with van der Waals surface area (Å²) in [5, 5.41) is 0. The van der Waals surface area contributed by atoms with Gasteiger partial charge in [-0.2, -0.15) is 0 Å². The molecule has 1 heterocycles. The molecule has 0 saturated heterocycles. The first-order valence-corrected chi connectivity index (χ1v) is 6.66. The third kappa shape index (κ3) is 1.82. The van der Waals surface area contributed by atoms with Crippen LogP contribution < -0.4 is 4.90 Å². The van der Waals surface area contributed by atoms with Gasteiger partial charge in [-0.25, -0.2) is 4.39 Å². The highest BCUT2D eigenvalue weighted by molar-refractivity contribution is 5.93. The van der Waals surface area contributed by atoms with Crippen molar-refractivity contribution in [1.29, 1.82) is 0 Å². The van der Waals surface area contributed by atoms with Crippen molar-refractivity contribution < 1.29 is 9.18 Å². The van der Waals surface area contributed by atoms with Crippen LogP contribution in [0.25, 0.3) is 0 Å². The third-order valence-electron chi connectivity index (χ3n) is 4.17. The van der Waals surface area contributed by atoms with Gasteiger partial charge in [0.2, 0.25) is 5.91 Å². The quantitative estimate of drug-likeness (QED) is 0.746. The van der Waals surface area contributed by atoms with E-state index in [4.69, 9.17) is 0 Å². The Hall–Kier alpha value is -1.38. The van der Waals surface area contributed by atoms with Crippen molar-refractivity contribution >= 4 is 11.6 Å². The summed E-state index contributed by atoms with van der Waals surface area (Å²) in [6, 6.07) is 5.09. The molecule has 2 atom stereocenters. The van der Waals surface area contributed by atoms with Gasteiger partial charge < -0.3 is 4.90 Å². The molecule has 0 N–H and O–H groups in total. The molecule has 0 aromatic heterocycles. The van der Waals surface area contributed by atoms with Crippen LogP contribution in [0.2, 0.25) is 0 Å². The van der Waals surface area contributed by atoms with Crippen LogP contribution in [-0.4, -0.2) is 11.9 Å². The number of halogens is 1. The average Bonchev–Trinajstić information content (AvgIpc) is 3.10. The fraction of sp³-hybridized carbons (Fsp3) is 0.533. The zero-order valence-electron chi connectivity index (χ0n) is 10.8. The van der Waals surface area contributed by atoms with Crippen LogP contribution in [0.4, 0.5) is 10.1 Å². The van der Waals surface area contributed by atoms with Gasteiger partial charge >= 0.3 is 0 Å². The van der Waals surface area contributed by atoms with E-state index in [1.54, 1.807) is 19.1 Å². The van der Waals surface area contributed by atoms with Crippen LogP contribution in [0.5, 0.6) is 0 Å². The van der Waals surface area contributed by atoms with Crippen LogP contribution in [0.1, 0.15) is 32.3 Å². The molecule has 96 valence electrons. The van der Waals surface area contributed by atoms with E-state index < -0.39 is 0 Å². The third-order valence-corrected chi connectivity index (χ3v) is 4.17. The molecule has 18 heavy (non-hydrogen) atoms. The van der Waals surface area contributed by atoms with E-state index in [1.165, 1.54) is 18.9 Å². The second-order valence-electron chi connectivity index (χ2n) is 5.67.